The largest absolute Gasteiger partial charge is 0.493 e. The predicted octanol–water partition coefficient (Wildman–Crippen LogP) is 5.12. The van der Waals surface area contributed by atoms with Gasteiger partial charge in [0.25, 0.3) is 5.91 Å². The normalized spacial score (nSPS) is 17.7. The minimum atomic E-state index is -0.197. The van der Waals surface area contributed by atoms with E-state index in [0.29, 0.717) is 71.1 Å². The Morgan fingerprint density at radius 1 is 1.23 bits per heavy atom. The molecule has 0 aliphatic carbocycles. The van der Waals surface area contributed by atoms with Crippen LogP contribution in [0.25, 0.3) is 11.3 Å². The molecule has 2 atom stereocenters. The fourth-order valence-electron chi connectivity index (χ4n) is 5.03. The van der Waals surface area contributed by atoms with E-state index in [9.17, 15) is 9.59 Å². The van der Waals surface area contributed by atoms with Gasteiger partial charge in [-0.05, 0) is 37.6 Å². The standard InChI is InChI=1S/C27H30ClN5O4.2ClH/c1-36-26-19(28)5-2-6-20(26)32-25-22-23(17(4-3-11-34)13-31-27(22)35)33-24(25)18-8-10-30-14-21(18)37-15-16-7-9-29-12-16;;/h2,5-6,8,10-11,14,16-17,29,32-33H,3-4,7,9,12-13,15H2,1H3,(H,31,35);2*1H/t16-,17?;;/m1../s1. The summed E-state index contributed by atoms with van der Waals surface area (Å²) in [6.07, 6.45) is 6.39. The first-order chi connectivity index (χ1) is 18.1. The Kier molecular flexibility index (Phi) is 10.9. The summed E-state index contributed by atoms with van der Waals surface area (Å²) in [5.74, 6) is 1.29. The average molecular weight is 597 g/mol. The first-order valence-electron chi connectivity index (χ1n) is 12.5. The number of amides is 1. The third-order valence-electron chi connectivity index (χ3n) is 6.93. The van der Waals surface area contributed by atoms with Crippen molar-refractivity contribution in [1.82, 2.24) is 20.6 Å². The van der Waals surface area contributed by atoms with Gasteiger partial charge >= 0.3 is 0 Å². The molecule has 12 heteroatoms. The van der Waals surface area contributed by atoms with Gasteiger partial charge < -0.3 is 35.2 Å². The van der Waals surface area contributed by atoms with E-state index >= 15 is 0 Å². The lowest BCUT2D eigenvalue weighted by Crippen LogP contribution is -2.35. The van der Waals surface area contributed by atoms with Gasteiger partial charge in [0.2, 0.25) is 0 Å². The second-order valence-corrected chi connectivity index (χ2v) is 9.71. The zero-order chi connectivity index (χ0) is 25.8. The van der Waals surface area contributed by atoms with Gasteiger partial charge in [-0.15, -0.1) is 24.8 Å². The molecule has 0 radical (unpaired) electrons. The smallest absolute Gasteiger partial charge is 0.255 e. The Hall–Kier alpha value is -2.98. The molecule has 0 spiro atoms. The van der Waals surface area contributed by atoms with Crippen LogP contribution in [-0.4, -0.2) is 55.5 Å². The maximum absolute atomic E-state index is 13.2. The summed E-state index contributed by atoms with van der Waals surface area (Å²) in [4.78, 5) is 32.1. The highest BCUT2D eigenvalue weighted by Gasteiger charge is 2.33. The van der Waals surface area contributed by atoms with Crippen LogP contribution in [0.3, 0.4) is 0 Å². The predicted molar refractivity (Wildman–Crippen MR) is 157 cm³/mol. The van der Waals surface area contributed by atoms with Gasteiger partial charge in [-0.3, -0.25) is 9.78 Å². The lowest BCUT2D eigenvalue weighted by molar-refractivity contribution is -0.108. The highest BCUT2D eigenvalue weighted by molar-refractivity contribution is 6.32. The molecule has 1 unspecified atom stereocenters. The lowest BCUT2D eigenvalue weighted by Gasteiger charge is -2.23. The molecule has 2 aliphatic rings. The van der Waals surface area contributed by atoms with Crippen molar-refractivity contribution < 1.29 is 19.1 Å². The number of aromatic amines is 1. The molecule has 2 aromatic heterocycles. The number of benzene rings is 1. The van der Waals surface area contributed by atoms with Gasteiger partial charge in [0.15, 0.2) is 5.75 Å². The summed E-state index contributed by atoms with van der Waals surface area (Å²) < 4.78 is 11.8. The van der Waals surface area contributed by atoms with Gasteiger partial charge in [0, 0.05) is 48.8 Å². The minimum Gasteiger partial charge on any atom is -0.493 e. The number of carbonyl (C=O) groups excluding carboxylic acids is 2. The number of anilines is 2. The average Bonchev–Trinajstić information content (AvgIpc) is 3.56. The number of fused-ring (bicyclic) bond motifs is 1. The van der Waals surface area contributed by atoms with Crippen LogP contribution in [0.5, 0.6) is 11.5 Å². The van der Waals surface area contributed by atoms with Crippen LogP contribution in [0, 0.1) is 5.92 Å². The number of para-hydroxylation sites is 1. The lowest BCUT2D eigenvalue weighted by atomic mass is 9.92. The van der Waals surface area contributed by atoms with Crippen LogP contribution in [-0.2, 0) is 4.79 Å². The Morgan fingerprint density at radius 3 is 2.82 bits per heavy atom. The highest BCUT2D eigenvalue weighted by Crippen LogP contribution is 2.45. The van der Waals surface area contributed by atoms with Crippen LogP contribution in [0.4, 0.5) is 11.4 Å². The number of rotatable bonds is 10. The summed E-state index contributed by atoms with van der Waals surface area (Å²) in [5.41, 5.74) is 3.97. The zero-order valence-electron chi connectivity index (χ0n) is 21.4. The molecule has 4 heterocycles. The van der Waals surface area contributed by atoms with E-state index in [1.54, 1.807) is 25.6 Å². The maximum atomic E-state index is 13.2. The number of halogens is 3. The number of nitrogens with one attached hydrogen (secondary N) is 4. The Bertz CT molecular complexity index is 1300. The first-order valence-corrected chi connectivity index (χ1v) is 12.8. The Balaban J connectivity index is 0.00000210. The molecule has 1 fully saturated rings. The van der Waals surface area contributed by atoms with Crippen LogP contribution in [0.15, 0.2) is 36.7 Å². The molecule has 210 valence electrons. The van der Waals surface area contributed by atoms with Gasteiger partial charge in [-0.25, -0.2) is 0 Å². The van der Waals surface area contributed by atoms with Gasteiger partial charge in [0.05, 0.1) is 47.6 Å². The zero-order valence-corrected chi connectivity index (χ0v) is 23.8. The number of methoxy groups -OCH3 is 1. The van der Waals surface area contributed by atoms with Crippen LogP contribution in [0.1, 0.15) is 41.2 Å². The van der Waals surface area contributed by atoms with Gasteiger partial charge in [0.1, 0.15) is 12.0 Å². The van der Waals surface area contributed by atoms with Crippen molar-refractivity contribution in [2.24, 2.45) is 5.92 Å². The third-order valence-corrected chi connectivity index (χ3v) is 7.23. The summed E-state index contributed by atoms with van der Waals surface area (Å²) in [7, 11) is 1.55. The molecule has 1 aromatic carbocycles. The van der Waals surface area contributed by atoms with E-state index in [1.807, 2.05) is 18.2 Å². The molecule has 39 heavy (non-hydrogen) atoms. The molecule has 5 rings (SSSR count). The maximum Gasteiger partial charge on any atom is 0.255 e. The molecule has 1 saturated heterocycles. The quantitative estimate of drug-likeness (QED) is 0.240. The second-order valence-electron chi connectivity index (χ2n) is 9.30. The van der Waals surface area contributed by atoms with E-state index in [0.717, 1.165) is 37.1 Å². The Labute approximate surface area is 244 Å². The van der Waals surface area contributed by atoms with Crippen molar-refractivity contribution in [2.75, 3.05) is 38.7 Å². The molecule has 9 nitrogen and oxygen atoms in total. The van der Waals surface area contributed by atoms with E-state index in [2.05, 4.69) is 25.9 Å². The van der Waals surface area contributed by atoms with Gasteiger partial charge in [-0.1, -0.05) is 17.7 Å². The van der Waals surface area contributed by atoms with Gasteiger partial charge in [-0.2, -0.15) is 0 Å². The number of hydrogen-bond donors (Lipinski definition) is 4. The molecule has 2 aliphatic heterocycles. The monoisotopic (exact) mass is 595 g/mol. The van der Waals surface area contributed by atoms with Crippen molar-refractivity contribution in [2.45, 2.75) is 25.2 Å². The van der Waals surface area contributed by atoms with E-state index < -0.39 is 0 Å². The highest BCUT2D eigenvalue weighted by atomic mass is 35.5. The molecular weight excluding hydrogens is 565 g/mol. The number of pyridine rings is 1. The summed E-state index contributed by atoms with van der Waals surface area (Å²) in [6, 6.07) is 7.28. The number of aromatic nitrogens is 2. The first kappa shape index (κ1) is 30.6. The molecule has 3 aromatic rings. The van der Waals surface area contributed by atoms with Crippen molar-refractivity contribution in [1.29, 1.82) is 0 Å². The topological polar surface area (TPSA) is 117 Å². The molecular formula is C27H32Cl3N5O4. The summed E-state index contributed by atoms with van der Waals surface area (Å²) in [6.45, 7) is 2.93. The summed E-state index contributed by atoms with van der Waals surface area (Å²) >= 11 is 6.39. The second kappa shape index (κ2) is 13.9. The summed E-state index contributed by atoms with van der Waals surface area (Å²) in [5, 5.41) is 10.2. The SMILES string of the molecule is COc1c(Cl)cccc1Nc1c(-c2ccncc2OC[C@@H]2CCNC2)[nH]c2c1C(=O)NCC2CCC=O.Cl.Cl. The fourth-order valence-corrected chi connectivity index (χ4v) is 5.28. The molecule has 1 amide bonds. The van der Waals surface area contributed by atoms with Crippen LogP contribution >= 0.6 is 36.4 Å². The number of hydrogen-bond acceptors (Lipinski definition) is 7. The number of H-pyrrole nitrogens is 1. The van der Waals surface area contributed by atoms with E-state index in [-0.39, 0.29) is 36.6 Å². The number of nitrogens with zero attached hydrogens (tertiary/aromatic N) is 1. The molecule has 0 saturated carbocycles. The van der Waals surface area contributed by atoms with Crippen molar-refractivity contribution >= 4 is 60.0 Å². The number of ether oxygens (including phenoxy) is 2. The van der Waals surface area contributed by atoms with Crippen molar-refractivity contribution in [3.8, 4) is 22.8 Å². The van der Waals surface area contributed by atoms with E-state index in [4.69, 9.17) is 21.1 Å². The number of carbonyl (C=O) groups is 2. The third kappa shape index (κ3) is 6.44. The number of aldehydes is 1. The van der Waals surface area contributed by atoms with Crippen molar-refractivity contribution in [3.63, 3.8) is 0 Å². The molecule has 0 bridgehead atoms. The van der Waals surface area contributed by atoms with Crippen molar-refractivity contribution in [3.05, 3.63) is 52.9 Å². The fraction of sp³-hybridized carbons (Fsp3) is 0.370. The minimum absolute atomic E-state index is 0. The van der Waals surface area contributed by atoms with Crippen LogP contribution < -0.4 is 25.4 Å². The molecule has 4 N–H and O–H groups in total. The van der Waals surface area contributed by atoms with Crippen LogP contribution in [0.2, 0.25) is 5.02 Å². The Morgan fingerprint density at radius 2 is 2.08 bits per heavy atom. The van der Waals surface area contributed by atoms with E-state index in [1.165, 1.54) is 0 Å².